The second-order valence-electron chi connectivity index (χ2n) is 10.9. The van der Waals surface area contributed by atoms with Crippen LogP contribution in [0.2, 0.25) is 0 Å². The Hall–Kier alpha value is -5.09. The van der Waals surface area contributed by atoms with Gasteiger partial charge in [-0.1, -0.05) is 59.4 Å². The molecule has 2 amide bonds. The Morgan fingerprint density at radius 1 is 0.977 bits per heavy atom. The number of allylic oxidation sites excluding steroid dienone is 1. The molecule has 0 saturated carbocycles. The average molecular weight is 606 g/mol. The monoisotopic (exact) mass is 605 g/mol. The normalized spacial score (nSPS) is 18.2. The number of aromatic nitrogens is 1. The molecule has 0 saturated heterocycles. The number of para-hydroxylation sites is 1. The van der Waals surface area contributed by atoms with Gasteiger partial charge in [0.05, 0.1) is 40.4 Å². The maximum absolute atomic E-state index is 14.1. The summed E-state index contributed by atoms with van der Waals surface area (Å²) in [5, 5.41) is 8.88. The number of anilines is 2. The van der Waals surface area contributed by atoms with Crippen LogP contribution in [-0.4, -0.2) is 29.2 Å². The highest BCUT2D eigenvalue weighted by atomic mass is 32.1. The Kier molecular flexibility index (Phi) is 7.60. The molecule has 0 fully saturated rings. The van der Waals surface area contributed by atoms with E-state index in [-0.39, 0.29) is 17.4 Å². The summed E-state index contributed by atoms with van der Waals surface area (Å²) in [4.78, 5) is 46.7. The van der Waals surface area contributed by atoms with Crippen LogP contribution < -0.4 is 30.0 Å². The van der Waals surface area contributed by atoms with Crippen molar-refractivity contribution in [1.82, 2.24) is 4.57 Å². The van der Waals surface area contributed by atoms with Gasteiger partial charge in [-0.05, 0) is 75.2 Å². The van der Waals surface area contributed by atoms with Crippen LogP contribution in [0.3, 0.4) is 0 Å². The van der Waals surface area contributed by atoms with Crippen molar-refractivity contribution in [2.75, 3.05) is 17.4 Å². The van der Waals surface area contributed by atoms with Crippen molar-refractivity contribution >= 4 is 46.3 Å². The van der Waals surface area contributed by atoms with Crippen LogP contribution in [0.1, 0.15) is 36.6 Å². The maximum Gasteiger partial charge on any atom is 0.270 e. The molecule has 1 N–H and O–H groups in total. The van der Waals surface area contributed by atoms with E-state index in [9.17, 15) is 14.4 Å². The van der Waals surface area contributed by atoms with Crippen LogP contribution in [0.15, 0.2) is 99.0 Å². The third kappa shape index (κ3) is 5.17. The number of hydrazone groups is 1. The summed E-state index contributed by atoms with van der Waals surface area (Å²) in [7, 11) is 1.58. The second kappa shape index (κ2) is 11.5. The minimum Gasteiger partial charge on any atom is -0.497 e. The van der Waals surface area contributed by atoms with Crippen LogP contribution in [-0.2, 0) is 9.59 Å². The van der Waals surface area contributed by atoms with Gasteiger partial charge in [0.2, 0.25) is 0 Å². The van der Waals surface area contributed by atoms with E-state index in [1.165, 1.54) is 16.3 Å². The Morgan fingerprint density at radius 3 is 2.39 bits per heavy atom. The van der Waals surface area contributed by atoms with E-state index in [1.54, 1.807) is 43.7 Å². The van der Waals surface area contributed by atoms with Gasteiger partial charge in [-0.3, -0.25) is 19.0 Å². The Labute approximate surface area is 258 Å². The summed E-state index contributed by atoms with van der Waals surface area (Å²) >= 11 is 1.19. The molecular weight excluding hydrogens is 574 g/mol. The number of nitrogens with zero attached hydrogens (tertiary/aromatic N) is 4. The largest absolute Gasteiger partial charge is 0.497 e. The third-order valence-corrected chi connectivity index (χ3v) is 8.83. The minimum atomic E-state index is -0.750. The van der Waals surface area contributed by atoms with E-state index >= 15 is 0 Å². The lowest BCUT2D eigenvalue weighted by Crippen LogP contribution is -2.41. The summed E-state index contributed by atoms with van der Waals surface area (Å²) in [6.45, 7) is 7.49. The van der Waals surface area contributed by atoms with E-state index in [1.807, 2.05) is 74.5 Å². The van der Waals surface area contributed by atoms with Crippen LogP contribution >= 0.6 is 11.3 Å². The van der Waals surface area contributed by atoms with E-state index in [2.05, 4.69) is 10.4 Å². The van der Waals surface area contributed by atoms with Gasteiger partial charge in [-0.15, -0.1) is 0 Å². The zero-order chi connectivity index (χ0) is 31.1. The Balaban J connectivity index is 1.44. The molecule has 2 aliphatic rings. The number of nitrogens with one attached hydrogen (secondary N) is 1. The molecule has 1 aromatic heterocycles. The number of carbonyl (C=O) groups is 2. The maximum atomic E-state index is 14.1. The molecule has 0 bridgehead atoms. The number of ether oxygens (including phenoxy) is 1. The van der Waals surface area contributed by atoms with E-state index in [0.29, 0.717) is 43.4 Å². The van der Waals surface area contributed by atoms with Crippen LogP contribution in [0.25, 0.3) is 6.08 Å². The lowest BCUT2D eigenvalue weighted by molar-refractivity contribution is -0.118. The fourth-order valence-electron chi connectivity index (χ4n) is 5.55. The van der Waals surface area contributed by atoms with Gasteiger partial charge in [0.15, 0.2) is 4.80 Å². The van der Waals surface area contributed by atoms with E-state index < -0.39 is 12.0 Å². The van der Waals surface area contributed by atoms with Crippen LogP contribution in [0.5, 0.6) is 5.75 Å². The number of rotatable bonds is 6. The first kappa shape index (κ1) is 29.0. The first-order valence-electron chi connectivity index (χ1n) is 14.2. The molecular formula is C34H31N5O4S. The van der Waals surface area contributed by atoms with Gasteiger partial charge in [0.25, 0.3) is 17.4 Å². The topological polar surface area (TPSA) is 105 Å². The highest BCUT2D eigenvalue weighted by Gasteiger charge is 2.35. The lowest BCUT2D eigenvalue weighted by Gasteiger charge is -2.25. The highest BCUT2D eigenvalue weighted by molar-refractivity contribution is 7.07. The zero-order valence-corrected chi connectivity index (χ0v) is 25.8. The molecule has 2 atom stereocenters. The van der Waals surface area contributed by atoms with Gasteiger partial charge < -0.3 is 10.1 Å². The van der Waals surface area contributed by atoms with Crippen molar-refractivity contribution in [3.63, 3.8) is 0 Å². The number of fused-ring (bicyclic) bond motifs is 1. The first-order chi connectivity index (χ1) is 21.2. The summed E-state index contributed by atoms with van der Waals surface area (Å²) < 4.78 is 7.26. The van der Waals surface area contributed by atoms with Gasteiger partial charge in [0, 0.05) is 5.69 Å². The molecule has 0 unspecified atom stereocenters. The molecule has 0 aliphatic carbocycles. The van der Waals surface area contributed by atoms with Gasteiger partial charge in [-0.25, -0.2) is 4.99 Å². The molecule has 0 spiro atoms. The minimum absolute atomic E-state index is 0.240. The number of aryl methyl sites for hydroxylation is 2. The zero-order valence-electron chi connectivity index (χ0n) is 25.0. The number of thiazole rings is 1. The number of benzene rings is 3. The lowest BCUT2D eigenvalue weighted by atomic mass is 9.95. The fraction of sp³-hybridized carbons (Fsp3) is 0.206. The number of hydrogen-bond donors (Lipinski definition) is 1. The van der Waals surface area contributed by atoms with Crippen LogP contribution in [0.4, 0.5) is 11.4 Å². The summed E-state index contributed by atoms with van der Waals surface area (Å²) in [5.41, 5.74) is 5.20. The summed E-state index contributed by atoms with van der Waals surface area (Å²) in [6.07, 6.45) is 1.66. The third-order valence-electron chi connectivity index (χ3n) is 7.83. The summed E-state index contributed by atoms with van der Waals surface area (Å²) in [6, 6.07) is 21.5. The quantitative estimate of drug-likeness (QED) is 0.350. The SMILES string of the molecule is COc1ccc([C@@H]2C(C(=O)Nc3ccc(C)cc3C)=C(C)N=c3s/c(=C/[C@H]4C(=O)N(c5ccccc5)N=C4C)c(=O)n32)cc1. The second-order valence-corrected chi connectivity index (χ2v) is 11.9. The average Bonchev–Trinajstić information content (AvgIpc) is 3.48. The van der Waals surface area contributed by atoms with Gasteiger partial charge in [-0.2, -0.15) is 10.1 Å². The van der Waals surface area contributed by atoms with Crippen molar-refractivity contribution in [2.45, 2.75) is 33.7 Å². The molecule has 2 aliphatic heterocycles. The molecule has 9 nitrogen and oxygen atoms in total. The van der Waals surface area contributed by atoms with Crippen molar-refractivity contribution in [3.8, 4) is 5.75 Å². The number of carbonyl (C=O) groups excluding carboxylic acids is 2. The number of amides is 2. The van der Waals surface area contributed by atoms with Gasteiger partial charge in [0.1, 0.15) is 11.7 Å². The molecule has 6 rings (SSSR count). The standard InChI is InChI=1S/C34H31N5O4S/c1-19-11-16-27(20(2)17-19)36-31(40)29-22(4)35-34-38(30(29)23-12-14-25(43-5)15-13-23)33(42)28(44-34)18-26-21(3)37-39(32(26)41)24-9-7-6-8-10-24/h6-18,26,30H,1-5H3,(H,36,40)/b28-18+/t26-,30-/m1/s1. The fourth-order valence-corrected chi connectivity index (χ4v) is 6.60. The van der Waals surface area contributed by atoms with Crippen LogP contribution in [0, 0.1) is 19.8 Å². The molecule has 3 heterocycles. The van der Waals surface area contributed by atoms with Crippen molar-refractivity contribution in [2.24, 2.45) is 16.0 Å². The molecule has 222 valence electrons. The first-order valence-corrected chi connectivity index (χ1v) is 15.0. The van der Waals surface area contributed by atoms with E-state index in [4.69, 9.17) is 9.73 Å². The predicted molar refractivity (Wildman–Crippen MR) is 173 cm³/mol. The predicted octanol–water partition coefficient (Wildman–Crippen LogP) is 4.49. The smallest absolute Gasteiger partial charge is 0.270 e. The van der Waals surface area contributed by atoms with Crippen molar-refractivity contribution in [3.05, 3.63) is 120 Å². The van der Waals surface area contributed by atoms with Crippen molar-refractivity contribution < 1.29 is 14.3 Å². The van der Waals surface area contributed by atoms with Crippen molar-refractivity contribution in [1.29, 1.82) is 0 Å². The van der Waals surface area contributed by atoms with E-state index in [0.717, 1.165) is 16.7 Å². The Bertz CT molecular complexity index is 2040. The molecule has 3 aromatic carbocycles. The summed E-state index contributed by atoms with van der Waals surface area (Å²) in [5.74, 6) is -0.637. The number of methoxy groups -OCH3 is 1. The molecule has 44 heavy (non-hydrogen) atoms. The highest BCUT2D eigenvalue weighted by Crippen LogP contribution is 2.32. The molecule has 0 radical (unpaired) electrons. The van der Waals surface area contributed by atoms with Gasteiger partial charge >= 0.3 is 0 Å². The number of hydrogen-bond acceptors (Lipinski definition) is 7. The molecule has 10 heteroatoms. The molecule has 4 aromatic rings. The Morgan fingerprint density at radius 2 is 1.70 bits per heavy atom.